The summed E-state index contributed by atoms with van der Waals surface area (Å²) in [5.74, 6) is 1.48. The summed E-state index contributed by atoms with van der Waals surface area (Å²) in [5.41, 5.74) is 3.67. The van der Waals surface area contributed by atoms with E-state index in [-0.39, 0.29) is 0 Å². The average molecular weight is 314 g/mol. The van der Waals surface area contributed by atoms with E-state index in [1.807, 2.05) is 6.07 Å². The number of piperidine rings is 1. The lowest BCUT2D eigenvalue weighted by molar-refractivity contribution is 0.127. The second-order valence-electron chi connectivity index (χ2n) is 6.44. The Morgan fingerprint density at radius 2 is 2.00 bits per heavy atom. The van der Waals surface area contributed by atoms with Crippen molar-refractivity contribution in [1.82, 2.24) is 4.90 Å². The summed E-state index contributed by atoms with van der Waals surface area (Å²) < 4.78 is 5.50. The molecule has 0 atom stereocenters. The highest BCUT2D eigenvalue weighted by Crippen LogP contribution is 2.23. The number of hydrogen-bond donors (Lipinski definition) is 2. The number of aryl methyl sites for hydroxylation is 1. The quantitative estimate of drug-likeness (QED) is 0.858. The fourth-order valence-corrected chi connectivity index (χ4v) is 3.16. The Morgan fingerprint density at radius 1 is 1.22 bits per heavy atom. The molecule has 4 nitrogen and oxygen atoms in total. The number of rotatable bonds is 6. The van der Waals surface area contributed by atoms with Crippen molar-refractivity contribution in [2.75, 3.05) is 25.0 Å². The van der Waals surface area contributed by atoms with Crippen molar-refractivity contribution in [1.29, 1.82) is 0 Å². The van der Waals surface area contributed by atoms with Crippen LogP contribution in [0.25, 0.3) is 0 Å². The lowest BCUT2D eigenvalue weighted by Gasteiger charge is -2.31. The summed E-state index contributed by atoms with van der Waals surface area (Å²) in [5, 5.41) is 12.8. The Balaban J connectivity index is 1.60. The highest BCUT2D eigenvalue weighted by molar-refractivity contribution is 5.51. The molecule has 1 aliphatic rings. The van der Waals surface area contributed by atoms with Crippen LogP contribution in [-0.2, 0) is 13.1 Å². The van der Waals surface area contributed by atoms with Crippen molar-refractivity contribution in [2.24, 2.45) is 5.92 Å². The van der Waals surface area contributed by atoms with E-state index in [1.54, 1.807) is 6.26 Å². The number of aliphatic hydroxyl groups excluding tert-OH is 1. The zero-order valence-corrected chi connectivity index (χ0v) is 13.8. The Kier molecular flexibility index (Phi) is 5.36. The molecule has 0 radical (unpaired) electrons. The van der Waals surface area contributed by atoms with Gasteiger partial charge in [-0.15, -0.1) is 0 Å². The van der Waals surface area contributed by atoms with Gasteiger partial charge in [0.15, 0.2) is 0 Å². The van der Waals surface area contributed by atoms with Gasteiger partial charge in [-0.1, -0.05) is 18.2 Å². The molecule has 0 unspecified atom stereocenters. The van der Waals surface area contributed by atoms with E-state index in [1.165, 1.54) is 16.8 Å². The molecule has 1 fully saturated rings. The van der Waals surface area contributed by atoms with Gasteiger partial charge in [0.25, 0.3) is 0 Å². The molecule has 1 aromatic carbocycles. The minimum atomic E-state index is 0.328. The Labute approximate surface area is 138 Å². The zero-order valence-electron chi connectivity index (χ0n) is 13.8. The topological polar surface area (TPSA) is 48.6 Å². The molecule has 2 heterocycles. The van der Waals surface area contributed by atoms with Crippen LogP contribution in [0.1, 0.15) is 29.7 Å². The van der Waals surface area contributed by atoms with Crippen LogP contribution in [0.2, 0.25) is 0 Å². The molecular weight excluding hydrogens is 288 g/mol. The van der Waals surface area contributed by atoms with Gasteiger partial charge in [-0.05, 0) is 62.0 Å². The number of aliphatic hydroxyl groups is 1. The number of para-hydroxylation sites is 1. The van der Waals surface area contributed by atoms with E-state index in [0.717, 1.165) is 38.2 Å². The summed E-state index contributed by atoms with van der Waals surface area (Å²) in [6.07, 6.45) is 3.93. The Hall–Kier alpha value is -1.78. The maximum atomic E-state index is 9.26. The van der Waals surface area contributed by atoms with Crippen molar-refractivity contribution in [3.05, 3.63) is 53.5 Å². The summed E-state index contributed by atoms with van der Waals surface area (Å²) >= 11 is 0. The van der Waals surface area contributed by atoms with E-state index in [2.05, 4.69) is 41.4 Å². The van der Waals surface area contributed by atoms with Crippen molar-refractivity contribution in [2.45, 2.75) is 32.9 Å². The van der Waals surface area contributed by atoms with Crippen LogP contribution in [0.5, 0.6) is 0 Å². The van der Waals surface area contributed by atoms with Gasteiger partial charge in [0, 0.05) is 18.8 Å². The van der Waals surface area contributed by atoms with Gasteiger partial charge in [-0.3, -0.25) is 4.90 Å². The molecule has 0 saturated carbocycles. The van der Waals surface area contributed by atoms with E-state index >= 15 is 0 Å². The van der Waals surface area contributed by atoms with Gasteiger partial charge in [0.05, 0.1) is 12.8 Å². The minimum Gasteiger partial charge on any atom is -0.467 e. The first-order chi connectivity index (χ1) is 11.3. The molecule has 1 saturated heterocycles. The third-order valence-electron chi connectivity index (χ3n) is 4.78. The van der Waals surface area contributed by atoms with Crippen molar-refractivity contribution < 1.29 is 9.52 Å². The van der Waals surface area contributed by atoms with E-state index < -0.39 is 0 Å². The predicted molar refractivity (Wildman–Crippen MR) is 92.3 cm³/mol. The number of likely N-dealkylation sites (tertiary alicyclic amines) is 1. The standard InChI is InChI=1S/C19H26N2O2/c1-15-8-11-23-19(15)12-20-18-5-3-2-4-17(18)13-21-9-6-16(14-22)7-10-21/h2-5,8,11,16,20,22H,6-7,9-10,12-14H2,1H3. The van der Waals surface area contributed by atoms with Gasteiger partial charge >= 0.3 is 0 Å². The number of nitrogens with zero attached hydrogens (tertiary/aromatic N) is 1. The fourth-order valence-electron chi connectivity index (χ4n) is 3.16. The fraction of sp³-hybridized carbons (Fsp3) is 0.474. The maximum Gasteiger partial charge on any atom is 0.125 e. The maximum absolute atomic E-state index is 9.26. The third-order valence-corrected chi connectivity index (χ3v) is 4.78. The molecule has 0 bridgehead atoms. The van der Waals surface area contributed by atoms with Crippen molar-refractivity contribution >= 4 is 5.69 Å². The van der Waals surface area contributed by atoms with E-state index in [0.29, 0.717) is 19.1 Å². The molecular formula is C19H26N2O2. The smallest absolute Gasteiger partial charge is 0.125 e. The lowest BCUT2D eigenvalue weighted by atomic mass is 9.97. The van der Waals surface area contributed by atoms with Gasteiger partial charge in [-0.2, -0.15) is 0 Å². The van der Waals surface area contributed by atoms with Crippen molar-refractivity contribution in [3.8, 4) is 0 Å². The summed E-state index contributed by atoms with van der Waals surface area (Å²) in [4.78, 5) is 2.48. The molecule has 4 heteroatoms. The van der Waals surface area contributed by atoms with Gasteiger partial charge in [-0.25, -0.2) is 0 Å². The summed E-state index contributed by atoms with van der Waals surface area (Å²) in [6, 6.07) is 10.5. The SMILES string of the molecule is Cc1ccoc1CNc1ccccc1CN1CCC(CO)CC1. The monoisotopic (exact) mass is 314 g/mol. The molecule has 1 aromatic heterocycles. The van der Waals surface area contributed by atoms with Crippen LogP contribution >= 0.6 is 0 Å². The number of nitrogens with one attached hydrogen (secondary N) is 1. The van der Waals surface area contributed by atoms with E-state index in [4.69, 9.17) is 4.42 Å². The first-order valence-corrected chi connectivity index (χ1v) is 8.44. The molecule has 0 aliphatic carbocycles. The molecule has 0 spiro atoms. The summed E-state index contributed by atoms with van der Waals surface area (Å²) in [7, 11) is 0. The largest absolute Gasteiger partial charge is 0.467 e. The first kappa shape index (κ1) is 16.1. The molecule has 0 amide bonds. The predicted octanol–water partition coefficient (Wildman–Crippen LogP) is 3.40. The average Bonchev–Trinajstić information content (AvgIpc) is 3.00. The molecule has 2 aromatic rings. The Morgan fingerprint density at radius 3 is 2.70 bits per heavy atom. The van der Waals surface area contributed by atoms with Crippen LogP contribution in [0.4, 0.5) is 5.69 Å². The minimum absolute atomic E-state index is 0.328. The third kappa shape index (κ3) is 4.15. The number of anilines is 1. The number of hydrogen-bond acceptors (Lipinski definition) is 4. The molecule has 3 rings (SSSR count). The van der Waals surface area contributed by atoms with Crippen LogP contribution in [-0.4, -0.2) is 29.7 Å². The lowest BCUT2D eigenvalue weighted by Crippen LogP contribution is -2.34. The Bertz CT molecular complexity index is 615. The normalized spacial score (nSPS) is 16.6. The van der Waals surface area contributed by atoms with Crippen LogP contribution in [0, 0.1) is 12.8 Å². The molecule has 124 valence electrons. The van der Waals surface area contributed by atoms with Gasteiger partial charge in [0.2, 0.25) is 0 Å². The van der Waals surface area contributed by atoms with E-state index in [9.17, 15) is 5.11 Å². The number of benzene rings is 1. The number of furan rings is 1. The second kappa shape index (κ2) is 7.66. The highest BCUT2D eigenvalue weighted by atomic mass is 16.3. The molecule has 23 heavy (non-hydrogen) atoms. The molecule has 2 N–H and O–H groups in total. The second-order valence-corrected chi connectivity index (χ2v) is 6.44. The van der Waals surface area contributed by atoms with Crippen LogP contribution < -0.4 is 5.32 Å². The van der Waals surface area contributed by atoms with Crippen LogP contribution in [0.15, 0.2) is 41.0 Å². The molecule has 1 aliphatic heterocycles. The first-order valence-electron chi connectivity index (χ1n) is 8.44. The highest BCUT2D eigenvalue weighted by Gasteiger charge is 2.19. The van der Waals surface area contributed by atoms with Gasteiger partial charge < -0.3 is 14.8 Å². The summed E-state index contributed by atoms with van der Waals surface area (Å²) in [6.45, 7) is 6.20. The van der Waals surface area contributed by atoms with Crippen LogP contribution in [0.3, 0.4) is 0 Å². The van der Waals surface area contributed by atoms with Crippen molar-refractivity contribution in [3.63, 3.8) is 0 Å². The van der Waals surface area contributed by atoms with Gasteiger partial charge in [0.1, 0.15) is 5.76 Å². The zero-order chi connectivity index (χ0) is 16.1.